The van der Waals surface area contributed by atoms with E-state index in [2.05, 4.69) is 5.32 Å². The molecule has 0 unspecified atom stereocenters. The molecule has 0 spiro atoms. The van der Waals surface area contributed by atoms with Gasteiger partial charge >= 0.3 is 0 Å². The fourth-order valence-electron chi connectivity index (χ4n) is 3.57. The predicted molar refractivity (Wildman–Crippen MR) is 123 cm³/mol. The summed E-state index contributed by atoms with van der Waals surface area (Å²) < 4.78 is 7.69. The first-order valence-electron chi connectivity index (χ1n) is 10.3. The molecule has 156 valence electrons. The highest BCUT2D eigenvalue weighted by molar-refractivity contribution is 6.02. The van der Waals surface area contributed by atoms with Gasteiger partial charge in [-0.3, -0.25) is 9.59 Å². The smallest absolute Gasteiger partial charge is 0.226 e. The van der Waals surface area contributed by atoms with Gasteiger partial charge in [-0.1, -0.05) is 66.7 Å². The van der Waals surface area contributed by atoms with E-state index in [0.29, 0.717) is 24.6 Å². The van der Waals surface area contributed by atoms with Crippen molar-refractivity contribution < 1.29 is 9.53 Å². The number of aryl methyl sites for hydroxylation is 1. The summed E-state index contributed by atoms with van der Waals surface area (Å²) in [6, 6.07) is 25.0. The van der Waals surface area contributed by atoms with E-state index in [0.717, 1.165) is 22.0 Å². The maximum atomic E-state index is 12.6. The minimum Gasteiger partial charge on any atom is -0.483 e. The summed E-state index contributed by atoms with van der Waals surface area (Å²) in [7, 11) is 0. The molecule has 0 aliphatic heterocycles. The summed E-state index contributed by atoms with van der Waals surface area (Å²) in [5.41, 5.74) is 2.34. The van der Waals surface area contributed by atoms with Gasteiger partial charge in [-0.15, -0.1) is 0 Å². The number of benzene rings is 3. The van der Waals surface area contributed by atoms with Gasteiger partial charge in [-0.05, 0) is 23.9 Å². The second kappa shape index (κ2) is 9.30. The van der Waals surface area contributed by atoms with Crippen molar-refractivity contribution in [2.45, 2.75) is 26.5 Å². The molecule has 4 aromatic rings. The van der Waals surface area contributed by atoms with Gasteiger partial charge in [0.2, 0.25) is 11.3 Å². The lowest BCUT2D eigenvalue weighted by atomic mass is 10.1. The molecular weight excluding hydrogens is 388 g/mol. The molecule has 0 fully saturated rings. The first-order chi connectivity index (χ1) is 15.1. The highest BCUT2D eigenvalue weighted by atomic mass is 16.5. The first kappa shape index (κ1) is 20.4. The molecule has 5 nitrogen and oxygen atoms in total. The number of carbonyl (C=O) groups is 1. The third-order valence-electron chi connectivity index (χ3n) is 5.26. The van der Waals surface area contributed by atoms with Gasteiger partial charge in [0, 0.05) is 36.3 Å². The van der Waals surface area contributed by atoms with Gasteiger partial charge in [0.25, 0.3) is 0 Å². The van der Waals surface area contributed by atoms with Crippen molar-refractivity contribution >= 4 is 22.4 Å². The van der Waals surface area contributed by atoms with Crippen LogP contribution in [0, 0.1) is 6.92 Å². The van der Waals surface area contributed by atoms with Crippen LogP contribution in [0.1, 0.15) is 17.7 Å². The lowest BCUT2D eigenvalue weighted by molar-refractivity contribution is -0.116. The topological polar surface area (TPSA) is 60.3 Å². The van der Waals surface area contributed by atoms with Gasteiger partial charge in [-0.2, -0.15) is 0 Å². The van der Waals surface area contributed by atoms with Crippen LogP contribution in [-0.2, 0) is 17.9 Å². The SMILES string of the molecule is Cc1c(OCc2ccccc2)c(=O)ccn1CCC(=O)Nc1cccc2ccccc12. The molecule has 0 atom stereocenters. The van der Waals surface area contributed by atoms with Gasteiger partial charge in [0.1, 0.15) is 6.61 Å². The first-order valence-corrected chi connectivity index (χ1v) is 10.3. The summed E-state index contributed by atoms with van der Waals surface area (Å²) >= 11 is 0. The Morgan fingerprint density at radius 1 is 0.935 bits per heavy atom. The number of rotatable bonds is 7. The maximum absolute atomic E-state index is 12.6. The van der Waals surface area contributed by atoms with E-state index < -0.39 is 0 Å². The number of anilines is 1. The van der Waals surface area contributed by atoms with Crippen molar-refractivity contribution in [3.63, 3.8) is 0 Å². The molecule has 0 aliphatic rings. The van der Waals surface area contributed by atoms with Crippen LogP contribution in [0.25, 0.3) is 10.8 Å². The van der Waals surface area contributed by atoms with Crippen molar-refractivity contribution in [2.24, 2.45) is 0 Å². The second-order valence-electron chi connectivity index (χ2n) is 7.39. The van der Waals surface area contributed by atoms with E-state index in [1.807, 2.05) is 84.3 Å². The number of hydrogen-bond acceptors (Lipinski definition) is 3. The van der Waals surface area contributed by atoms with E-state index >= 15 is 0 Å². The summed E-state index contributed by atoms with van der Waals surface area (Å²) in [6.07, 6.45) is 1.99. The largest absolute Gasteiger partial charge is 0.483 e. The van der Waals surface area contributed by atoms with Crippen molar-refractivity contribution in [2.75, 3.05) is 5.32 Å². The number of nitrogens with zero attached hydrogens (tertiary/aromatic N) is 1. The number of fused-ring (bicyclic) bond motifs is 1. The number of amides is 1. The molecule has 0 saturated carbocycles. The lowest BCUT2D eigenvalue weighted by Gasteiger charge is -2.15. The van der Waals surface area contributed by atoms with E-state index in [1.54, 1.807) is 6.20 Å². The Hall–Kier alpha value is -3.86. The van der Waals surface area contributed by atoms with Gasteiger partial charge < -0.3 is 14.6 Å². The van der Waals surface area contributed by atoms with Crippen LogP contribution in [0.3, 0.4) is 0 Å². The monoisotopic (exact) mass is 412 g/mol. The number of hydrogen-bond donors (Lipinski definition) is 1. The number of nitrogens with one attached hydrogen (secondary N) is 1. The van der Waals surface area contributed by atoms with Crippen molar-refractivity contribution in [1.82, 2.24) is 4.57 Å². The van der Waals surface area contributed by atoms with Crippen LogP contribution in [0.15, 0.2) is 89.9 Å². The van der Waals surface area contributed by atoms with Gasteiger partial charge in [-0.25, -0.2) is 0 Å². The molecule has 1 aromatic heterocycles. The highest BCUT2D eigenvalue weighted by Crippen LogP contribution is 2.23. The number of pyridine rings is 1. The van der Waals surface area contributed by atoms with E-state index in [-0.39, 0.29) is 17.8 Å². The minimum atomic E-state index is -0.162. The van der Waals surface area contributed by atoms with Crippen LogP contribution in [0.2, 0.25) is 0 Å². The molecule has 0 bridgehead atoms. The zero-order valence-corrected chi connectivity index (χ0v) is 17.4. The Morgan fingerprint density at radius 3 is 2.52 bits per heavy atom. The fourth-order valence-corrected chi connectivity index (χ4v) is 3.57. The van der Waals surface area contributed by atoms with E-state index in [4.69, 9.17) is 4.74 Å². The lowest BCUT2D eigenvalue weighted by Crippen LogP contribution is -2.18. The molecule has 4 rings (SSSR count). The Labute approximate surface area is 180 Å². The molecule has 1 heterocycles. The summed E-state index contributed by atoms with van der Waals surface area (Å²) in [5, 5.41) is 5.09. The third-order valence-corrected chi connectivity index (χ3v) is 5.26. The highest BCUT2D eigenvalue weighted by Gasteiger charge is 2.11. The van der Waals surface area contributed by atoms with Crippen LogP contribution in [-0.4, -0.2) is 10.5 Å². The average Bonchev–Trinajstić information content (AvgIpc) is 2.79. The average molecular weight is 412 g/mol. The van der Waals surface area contributed by atoms with Crippen LogP contribution in [0.4, 0.5) is 5.69 Å². The Balaban J connectivity index is 1.43. The molecule has 1 amide bonds. The van der Waals surface area contributed by atoms with Crippen molar-refractivity contribution in [1.29, 1.82) is 0 Å². The van der Waals surface area contributed by atoms with Crippen LogP contribution in [0.5, 0.6) is 5.75 Å². The maximum Gasteiger partial charge on any atom is 0.226 e. The molecule has 1 N–H and O–H groups in total. The second-order valence-corrected chi connectivity index (χ2v) is 7.39. The quantitative estimate of drug-likeness (QED) is 0.469. The predicted octanol–water partition coefficient (Wildman–Crippen LogP) is 4.92. The zero-order chi connectivity index (χ0) is 21.6. The summed E-state index contributed by atoms with van der Waals surface area (Å²) in [4.78, 5) is 24.9. The Bertz CT molecular complexity index is 1260. The normalized spacial score (nSPS) is 10.7. The van der Waals surface area contributed by atoms with Gasteiger partial charge in [0.05, 0.1) is 5.69 Å². The zero-order valence-electron chi connectivity index (χ0n) is 17.4. The molecule has 0 saturated heterocycles. The molecule has 3 aromatic carbocycles. The van der Waals surface area contributed by atoms with Crippen LogP contribution >= 0.6 is 0 Å². The number of carbonyl (C=O) groups excluding carboxylic acids is 1. The summed E-state index contributed by atoms with van der Waals surface area (Å²) in [5.74, 6) is 0.238. The molecule has 5 heteroatoms. The fraction of sp³-hybridized carbons (Fsp3) is 0.154. The van der Waals surface area contributed by atoms with E-state index in [1.165, 1.54) is 6.07 Å². The minimum absolute atomic E-state index is 0.0822. The van der Waals surface area contributed by atoms with Crippen molar-refractivity contribution in [3.8, 4) is 5.75 Å². The number of aromatic nitrogens is 1. The third kappa shape index (κ3) is 4.83. The summed E-state index contributed by atoms with van der Waals surface area (Å²) in [6.45, 7) is 2.61. The van der Waals surface area contributed by atoms with Gasteiger partial charge in [0.15, 0.2) is 5.75 Å². The molecule has 31 heavy (non-hydrogen) atoms. The van der Waals surface area contributed by atoms with Crippen LogP contribution < -0.4 is 15.5 Å². The van der Waals surface area contributed by atoms with Crippen molar-refractivity contribution in [3.05, 3.63) is 107 Å². The standard InChI is InChI=1S/C26H24N2O3/c1-19-26(31-18-20-8-3-2-4-9-20)24(29)14-16-28(19)17-15-25(30)27-23-13-7-11-21-10-5-6-12-22(21)23/h2-14,16H,15,17-18H2,1H3,(H,27,30). The van der Waals surface area contributed by atoms with E-state index in [9.17, 15) is 9.59 Å². The molecule has 0 radical (unpaired) electrons. The number of ether oxygens (including phenoxy) is 1. The Kier molecular flexibility index (Phi) is 6.13. The molecular formula is C26H24N2O3. The molecule has 0 aliphatic carbocycles. The Morgan fingerprint density at radius 2 is 1.68 bits per heavy atom.